The summed E-state index contributed by atoms with van der Waals surface area (Å²) in [5.74, 6) is -0.982. The highest BCUT2D eigenvalue weighted by atomic mass is 19.1. The van der Waals surface area contributed by atoms with E-state index in [0.717, 1.165) is 0 Å². The van der Waals surface area contributed by atoms with Crippen LogP contribution in [0.2, 0.25) is 0 Å². The molecule has 2 amide bonds. The van der Waals surface area contributed by atoms with Gasteiger partial charge in [0.05, 0.1) is 6.54 Å². The molecule has 1 aromatic rings. The highest BCUT2D eigenvalue weighted by Crippen LogP contribution is 2.01. The van der Waals surface area contributed by atoms with Crippen molar-refractivity contribution in [2.45, 2.75) is 0 Å². The predicted octanol–water partition coefficient (Wildman–Crippen LogP) is -0.370. The Morgan fingerprint density at radius 3 is 2.29 bits per heavy atom. The summed E-state index contributed by atoms with van der Waals surface area (Å²) in [7, 11) is 0. The van der Waals surface area contributed by atoms with Gasteiger partial charge in [0.2, 0.25) is 5.91 Å². The van der Waals surface area contributed by atoms with Gasteiger partial charge in [-0.25, -0.2) is 4.39 Å². The molecule has 0 radical (unpaired) electrons. The fraction of sp³-hybridized carbons (Fsp3) is 0.273. The minimum Gasteiger partial charge on any atom is -0.353 e. The van der Waals surface area contributed by atoms with Crippen molar-refractivity contribution in [2.75, 3.05) is 19.6 Å². The van der Waals surface area contributed by atoms with Crippen molar-refractivity contribution in [3.8, 4) is 0 Å². The fourth-order valence-electron chi connectivity index (χ4n) is 1.15. The van der Waals surface area contributed by atoms with Crippen LogP contribution in [0.15, 0.2) is 24.3 Å². The Bertz CT molecular complexity index is 392. The molecule has 0 spiro atoms. The molecule has 0 bridgehead atoms. The van der Waals surface area contributed by atoms with Crippen LogP contribution in [0.4, 0.5) is 4.39 Å². The van der Waals surface area contributed by atoms with Crippen LogP contribution in [0, 0.1) is 5.82 Å². The smallest absolute Gasteiger partial charge is 0.251 e. The van der Waals surface area contributed by atoms with E-state index in [1.807, 2.05) is 0 Å². The molecule has 1 rings (SSSR count). The van der Waals surface area contributed by atoms with E-state index < -0.39 is 5.82 Å². The molecule has 0 saturated heterocycles. The number of halogens is 1. The number of nitrogens with one attached hydrogen (secondary N) is 2. The Morgan fingerprint density at radius 2 is 1.71 bits per heavy atom. The zero-order valence-electron chi connectivity index (χ0n) is 9.20. The van der Waals surface area contributed by atoms with Crippen molar-refractivity contribution in [1.29, 1.82) is 0 Å². The molecule has 5 nitrogen and oxygen atoms in total. The summed E-state index contributed by atoms with van der Waals surface area (Å²) in [6, 6.07) is 5.21. The lowest BCUT2D eigenvalue weighted by molar-refractivity contribution is -0.119. The Kier molecular flexibility index (Phi) is 5.09. The van der Waals surface area contributed by atoms with Gasteiger partial charge in [-0.05, 0) is 24.3 Å². The quantitative estimate of drug-likeness (QED) is 0.613. The van der Waals surface area contributed by atoms with Crippen molar-refractivity contribution < 1.29 is 14.0 Å². The van der Waals surface area contributed by atoms with Gasteiger partial charge in [-0.3, -0.25) is 9.59 Å². The molecule has 0 saturated carbocycles. The summed E-state index contributed by atoms with van der Waals surface area (Å²) in [6.45, 7) is 0.525. The number of carbonyl (C=O) groups excluding carboxylic acids is 2. The number of nitrogens with two attached hydrogens (primary N) is 1. The molecule has 1 aromatic carbocycles. The molecule has 17 heavy (non-hydrogen) atoms. The second-order valence-electron chi connectivity index (χ2n) is 3.32. The maximum Gasteiger partial charge on any atom is 0.251 e. The molecule has 0 unspecified atom stereocenters. The van der Waals surface area contributed by atoms with Crippen molar-refractivity contribution in [1.82, 2.24) is 10.6 Å². The Morgan fingerprint density at radius 1 is 1.12 bits per heavy atom. The predicted molar refractivity (Wildman–Crippen MR) is 60.8 cm³/mol. The minimum absolute atomic E-state index is 0.0775. The average Bonchev–Trinajstić information content (AvgIpc) is 2.34. The highest BCUT2D eigenvalue weighted by Gasteiger charge is 2.04. The number of hydrogen-bond donors (Lipinski definition) is 3. The molecule has 0 aliphatic rings. The van der Waals surface area contributed by atoms with Crippen LogP contribution in [0.5, 0.6) is 0 Å². The molecular formula is C11H14FN3O2. The third kappa shape index (κ3) is 4.60. The van der Waals surface area contributed by atoms with Crippen molar-refractivity contribution in [3.05, 3.63) is 35.6 Å². The number of hydrogen-bond acceptors (Lipinski definition) is 3. The van der Waals surface area contributed by atoms with Gasteiger partial charge < -0.3 is 16.4 Å². The maximum atomic E-state index is 12.6. The minimum atomic E-state index is -0.392. The number of benzene rings is 1. The van der Waals surface area contributed by atoms with Crippen LogP contribution in [-0.2, 0) is 4.79 Å². The first kappa shape index (κ1) is 13.1. The number of amides is 2. The maximum absolute atomic E-state index is 12.6. The van der Waals surface area contributed by atoms with E-state index in [-0.39, 0.29) is 18.4 Å². The van der Waals surface area contributed by atoms with Gasteiger partial charge in [-0.2, -0.15) is 0 Å². The molecule has 0 aliphatic carbocycles. The van der Waals surface area contributed by atoms with Crippen LogP contribution >= 0.6 is 0 Å². The third-order valence-corrected chi connectivity index (χ3v) is 2.02. The van der Waals surface area contributed by atoms with Crippen molar-refractivity contribution in [2.24, 2.45) is 5.73 Å². The molecule has 4 N–H and O–H groups in total. The molecule has 92 valence electrons. The van der Waals surface area contributed by atoms with E-state index in [0.29, 0.717) is 18.7 Å². The second-order valence-corrected chi connectivity index (χ2v) is 3.32. The lowest BCUT2D eigenvalue weighted by Crippen LogP contribution is -2.37. The lowest BCUT2D eigenvalue weighted by Gasteiger charge is -2.06. The van der Waals surface area contributed by atoms with Crippen LogP contribution in [0.3, 0.4) is 0 Å². The van der Waals surface area contributed by atoms with E-state index in [1.54, 1.807) is 0 Å². The van der Waals surface area contributed by atoms with E-state index in [1.165, 1.54) is 24.3 Å². The summed E-state index contributed by atoms with van der Waals surface area (Å²) in [5.41, 5.74) is 5.46. The summed E-state index contributed by atoms with van der Waals surface area (Å²) >= 11 is 0. The van der Waals surface area contributed by atoms with E-state index in [4.69, 9.17) is 5.73 Å². The van der Waals surface area contributed by atoms with Gasteiger partial charge in [0.15, 0.2) is 0 Å². The highest BCUT2D eigenvalue weighted by molar-refractivity contribution is 5.94. The van der Waals surface area contributed by atoms with E-state index in [2.05, 4.69) is 10.6 Å². The molecule has 0 aliphatic heterocycles. The molecular weight excluding hydrogens is 225 g/mol. The zero-order chi connectivity index (χ0) is 12.7. The Balaban J connectivity index is 2.30. The second kappa shape index (κ2) is 6.59. The SMILES string of the molecule is NCC(=O)NCCNC(=O)c1ccc(F)cc1. The van der Waals surface area contributed by atoms with Gasteiger partial charge in [0.1, 0.15) is 5.82 Å². The van der Waals surface area contributed by atoms with Crippen LogP contribution in [0.1, 0.15) is 10.4 Å². The van der Waals surface area contributed by atoms with Gasteiger partial charge in [-0.15, -0.1) is 0 Å². The molecule has 6 heteroatoms. The number of rotatable bonds is 5. The van der Waals surface area contributed by atoms with Crippen molar-refractivity contribution >= 4 is 11.8 Å². The zero-order valence-corrected chi connectivity index (χ0v) is 9.20. The molecule has 0 atom stereocenters. The first-order valence-electron chi connectivity index (χ1n) is 5.14. The van der Waals surface area contributed by atoms with Crippen molar-refractivity contribution in [3.63, 3.8) is 0 Å². The standard InChI is InChI=1S/C11H14FN3O2/c12-9-3-1-8(2-4-9)11(17)15-6-5-14-10(16)7-13/h1-4H,5-7,13H2,(H,14,16)(H,15,17). The Hall–Kier alpha value is -1.95. The molecule has 0 heterocycles. The third-order valence-electron chi connectivity index (χ3n) is 2.02. The van der Waals surface area contributed by atoms with E-state index >= 15 is 0 Å². The summed E-state index contributed by atoms with van der Waals surface area (Å²) in [4.78, 5) is 22.3. The first-order chi connectivity index (χ1) is 8.13. The Labute approximate surface area is 98.2 Å². The normalized spacial score (nSPS) is 9.76. The summed E-state index contributed by atoms with van der Waals surface area (Å²) in [5, 5.41) is 5.09. The van der Waals surface area contributed by atoms with Crippen LogP contribution < -0.4 is 16.4 Å². The van der Waals surface area contributed by atoms with Gasteiger partial charge >= 0.3 is 0 Å². The van der Waals surface area contributed by atoms with Gasteiger partial charge in [0.25, 0.3) is 5.91 Å². The summed E-state index contributed by atoms with van der Waals surface area (Å²) < 4.78 is 12.6. The lowest BCUT2D eigenvalue weighted by atomic mass is 10.2. The van der Waals surface area contributed by atoms with Gasteiger partial charge in [-0.1, -0.05) is 0 Å². The fourth-order valence-corrected chi connectivity index (χ4v) is 1.15. The van der Waals surface area contributed by atoms with E-state index in [9.17, 15) is 14.0 Å². The summed E-state index contributed by atoms with van der Waals surface area (Å²) in [6.07, 6.45) is 0. The van der Waals surface area contributed by atoms with Crippen LogP contribution in [-0.4, -0.2) is 31.4 Å². The number of carbonyl (C=O) groups is 2. The van der Waals surface area contributed by atoms with Gasteiger partial charge in [0, 0.05) is 18.7 Å². The monoisotopic (exact) mass is 239 g/mol. The first-order valence-corrected chi connectivity index (χ1v) is 5.14. The molecule has 0 aromatic heterocycles. The average molecular weight is 239 g/mol. The topological polar surface area (TPSA) is 84.2 Å². The van der Waals surface area contributed by atoms with Crippen LogP contribution in [0.25, 0.3) is 0 Å². The largest absolute Gasteiger partial charge is 0.353 e. The molecule has 0 fully saturated rings.